The first kappa shape index (κ1) is 18.1. The number of hydrogen-bond acceptors (Lipinski definition) is 4. The number of carbonyl (C=O) groups is 1. The zero-order valence-corrected chi connectivity index (χ0v) is 14.6. The smallest absolute Gasteiger partial charge is 0.269 e. The predicted molar refractivity (Wildman–Crippen MR) is 102 cm³/mol. The van der Waals surface area contributed by atoms with E-state index >= 15 is 0 Å². The number of nitro benzene ring substituents is 1. The van der Waals surface area contributed by atoms with E-state index in [2.05, 4.69) is 5.32 Å². The molecular weight excluding hydrogens is 346 g/mol. The number of pyridine rings is 1. The Bertz CT molecular complexity index is 1060. The highest BCUT2D eigenvalue weighted by Gasteiger charge is 2.10. The maximum absolute atomic E-state index is 12.5. The summed E-state index contributed by atoms with van der Waals surface area (Å²) in [6, 6.07) is 16.1. The summed E-state index contributed by atoms with van der Waals surface area (Å²) in [6.45, 7) is 2.33. The van der Waals surface area contributed by atoms with Crippen LogP contribution < -0.4 is 10.9 Å². The monoisotopic (exact) mass is 363 g/mol. The molecular formula is C20H17N3O4. The highest BCUT2D eigenvalue weighted by atomic mass is 16.6. The molecule has 1 heterocycles. The maximum Gasteiger partial charge on any atom is 0.269 e. The molecule has 0 unspecified atom stereocenters. The summed E-state index contributed by atoms with van der Waals surface area (Å²) >= 11 is 0. The van der Waals surface area contributed by atoms with Crippen molar-refractivity contribution in [2.24, 2.45) is 0 Å². The molecule has 27 heavy (non-hydrogen) atoms. The maximum atomic E-state index is 12.5. The van der Waals surface area contributed by atoms with Crippen LogP contribution in [0.5, 0.6) is 0 Å². The molecule has 0 bridgehead atoms. The molecule has 3 rings (SSSR count). The van der Waals surface area contributed by atoms with E-state index in [4.69, 9.17) is 0 Å². The van der Waals surface area contributed by atoms with Crippen molar-refractivity contribution < 1.29 is 9.72 Å². The Morgan fingerprint density at radius 3 is 2.44 bits per heavy atom. The minimum Gasteiger partial charge on any atom is -0.322 e. The highest BCUT2D eigenvalue weighted by Crippen LogP contribution is 2.16. The van der Waals surface area contributed by atoms with Crippen LogP contribution in [0, 0.1) is 17.0 Å². The zero-order valence-electron chi connectivity index (χ0n) is 14.6. The molecule has 0 saturated carbocycles. The molecule has 0 atom stereocenters. The van der Waals surface area contributed by atoms with Gasteiger partial charge in [-0.1, -0.05) is 24.3 Å². The van der Waals surface area contributed by atoms with Gasteiger partial charge in [-0.05, 0) is 36.2 Å². The number of anilines is 1. The summed E-state index contributed by atoms with van der Waals surface area (Å²) < 4.78 is 1.48. The van der Waals surface area contributed by atoms with E-state index in [9.17, 15) is 19.7 Å². The molecule has 1 amide bonds. The number of hydrogen-bond donors (Lipinski definition) is 1. The van der Waals surface area contributed by atoms with Crippen molar-refractivity contribution in [1.82, 2.24) is 4.57 Å². The van der Waals surface area contributed by atoms with Crippen LogP contribution in [0.25, 0.3) is 0 Å². The molecule has 0 spiro atoms. The molecule has 0 fully saturated rings. The van der Waals surface area contributed by atoms with Crippen LogP contribution in [0.3, 0.4) is 0 Å². The summed E-state index contributed by atoms with van der Waals surface area (Å²) in [5.74, 6) is -0.401. The van der Waals surface area contributed by atoms with E-state index in [-0.39, 0.29) is 11.2 Å². The number of amides is 1. The summed E-state index contributed by atoms with van der Waals surface area (Å²) in [5.41, 5.74) is 2.55. The second-order valence-corrected chi connectivity index (χ2v) is 6.07. The van der Waals surface area contributed by atoms with E-state index < -0.39 is 10.8 Å². The lowest BCUT2D eigenvalue weighted by molar-refractivity contribution is -0.384. The largest absolute Gasteiger partial charge is 0.322 e. The fourth-order valence-electron chi connectivity index (χ4n) is 2.63. The second kappa shape index (κ2) is 7.65. The van der Waals surface area contributed by atoms with E-state index in [1.54, 1.807) is 0 Å². The van der Waals surface area contributed by atoms with Gasteiger partial charge in [0.05, 0.1) is 17.0 Å². The quantitative estimate of drug-likeness (QED) is 0.555. The molecule has 0 aliphatic carbocycles. The standard InChI is InChI=1S/C20H17N3O4/c1-14-4-2-3-5-15(14)12-22-13-16(6-11-19(22)24)20(25)21-17-7-9-18(10-8-17)23(26)27/h2-11,13H,12H2,1H3,(H,21,25). The van der Waals surface area contributed by atoms with Crippen LogP contribution in [0.2, 0.25) is 0 Å². The van der Waals surface area contributed by atoms with Crippen LogP contribution in [0.1, 0.15) is 21.5 Å². The molecule has 1 aromatic heterocycles. The summed E-state index contributed by atoms with van der Waals surface area (Å²) in [4.78, 5) is 34.8. The molecule has 3 aromatic rings. The van der Waals surface area contributed by atoms with E-state index in [1.165, 1.54) is 47.2 Å². The lowest BCUT2D eigenvalue weighted by Crippen LogP contribution is -2.22. The first-order valence-electron chi connectivity index (χ1n) is 8.25. The number of carbonyl (C=O) groups excluding carboxylic acids is 1. The van der Waals surface area contributed by atoms with Crippen LogP contribution in [0.4, 0.5) is 11.4 Å². The normalized spacial score (nSPS) is 10.4. The summed E-state index contributed by atoms with van der Waals surface area (Å²) in [6.07, 6.45) is 1.51. The number of rotatable bonds is 5. The van der Waals surface area contributed by atoms with Crippen molar-refractivity contribution in [3.8, 4) is 0 Å². The summed E-state index contributed by atoms with van der Waals surface area (Å²) in [5, 5.41) is 13.4. The van der Waals surface area contributed by atoms with Crippen LogP contribution in [-0.2, 0) is 6.54 Å². The third-order valence-electron chi connectivity index (χ3n) is 4.18. The van der Waals surface area contributed by atoms with Crippen LogP contribution in [0.15, 0.2) is 71.7 Å². The van der Waals surface area contributed by atoms with Gasteiger partial charge in [-0.25, -0.2) is 0 Å². The Kier molecular flexibility index (Phi) is 5.12. The lowest BCUT2D eigenvalue weighted by atomic mass is 10.1. The van der Waals surface area contributed by atoms with Gasteiger partial charge in [0, 0.05) is 30.1 Å². The van der Waals surface area contributed by atoms with Gasteiger partial charge in [-0.2, -0.15) is 0 Å². The van der Waals surface area contributed by atoms with E-state index in [1.807, 2.05) is 31.2 Å². The molecule has 0 radical (unpaired) electrons. The zero-order chi connectivity index (χ0) is 19.4. The number of nitro groups is 1. The fraction of sp³-hybridized carbons (Fsp3) is 0.100. The Labute approximate surface area is 155 Å². The van der Waals surface area contributed by atoms with Crippen molar-refractivity contribution in [3.05, 3.63) is 104 Å². The first-order chi connectivity index (χ1) is 12.9. The van der Waals surface area contributed by atoms with Gasteiger partial charge in [-0.15, -0.1) is 0 Å². The molecule has 7 heteroatoms. The fourth-order valence-corrected chi connectivity index (χ4v) is 2.63. The molecule has 7 nitrogen and oxygen atoms in total. The van der Waals surface area contributed by atoms with Gasteiger partial charge in [0.15, 0.2) is 0 Å². The lowest BCUT2D eigenvalue weighted by Gasteiger charge is -2.11. The number of aryl methyl sites for hydroxylation is 1. The molecule has 1 N–H and O–H groups in total. The Balaban J connectivity index is 1.80. The van der Waals surface area contributed by atoms with Crippen molar-refractivity contribution in [1.29, 1.82) is 0 Å². The SMILES string of the molecule is Cc1ccccc1Cn1cc(C(=O)Nc2ccc([N+](=O)[O-])cc2)ccc1=O. The Hall–Kier alpha value is -3.74. The number of benzene rings is 2. The van der Waals surface area contributed by atoms with Crippen molar-refractivity contribution in [2.45, 2.75) is 13.5 Å². The van der Waals surface area contributed by atoms with E-state index in [0.717, 1.165) is 11.1 Å². The predicted octanol–water partition coefficient (Wildman–Crippen LogP) is 3.37. The topological polar surface area (TPSA) is 94.2 Å². The van der Waals surface area contributed by atoms with Gasteiger partial charge in [0.1, 0.15) is 0 Å². The van der Waals surface area contributed by atoms with Crippen LogP contribution >= 0.6 is 0 Å². The molecule has 136 valence electrons. The minimum absolute atomic E-state index is 0.0558. The van der Waals surface area contributed by atoms with Crippen molar-refractivity contribution in [3.63, 3.8) is 0 Å². The molecule has 0 aliphatic heterocycles. The third kappa shape index (κ3) is 4.27. The van der Waals surface area contributed by atoms with Gasteiger partial charge >= 0.3 is 0 Å². The average molecular weight is 363 g/mol. The molecule has 2 aromatic carbocycles. The van der Waals surface area contributed by atoms with Gasteiger partial charge in [0.25, 0.3) is 17.2 Å². The number of nitrogens with one attached hydrogen (secondary N) is 1. The third-order valence-corrected chi connectivity index (χ3v) is 4.18. The summed E-state index contributed by atoms with van der Waals surface area (Å²) in [7, 11) is 0. The van der Waals surface area contributed by atoms with Gasteiger partial charge in [0.2, 0.25) is 0 Å². The minimum atomic E-state index is -0.507. The highest BCUT2D eigenvalue weighted by molar-refractivity contribution is 6.04. The number of aromatic nitrogens is 1. The average Bonchev–Trinajstić information content (AvgIpc) is 2.65. The molecule has 0 saturated heterocycles. The Morgan fingerprint density at radius 2 is 1.78 bits per heavy atom. The van der Waals surface area contributed by atoms with E-state index in [0.29, 0.717) is 17.8 Å². The van der Waals surface area contributed by atoms with Gasteiger partial charge in [-0.3, -0.25) is 19.7 Å². The van der Waals surface area contributed by atoms with Crippen molar-refractivity contribution in [2.75, 3.05) is 5.32 Å². The Morgan fingerprint density at radius 1 is 1.07 bits per heavy atom. The number of non-ortho nitro benzene ring substituents is 1. The first-order valence-corrected chi connectivity index (χ1v) is 8.25. The van der Waals surface area contributed by atoms with Crippen molar-refractivity contribution >= 4 is 17.3 Å². The van der Waals surface area contributed by atoms with Crippen LogP contribution in [-0.4, -0.2) is 15.4 Å². The molecule has 0 aliphatic rings. The number of nitrogens with zero attached hydrogens (tertiary/aromatic N) is 2. The second-order valence-electron chi connectivity index (χ2n) is 6.07. The van der Waals surface area contributed by atoms with Gasteiger partial charge < -0.3 is 9.88 Å².